The first kappa shape index (κ1) is 21.5. The van der Waals surface area contributed by atoms with Crippen LogP contribution in [-0.2, 0) is 35.4 Å². The molecule has 2 aromatic rings. The third-order valence-electron chi connectivity index (χ3n) is 6.71. The number of carbonyl (C=O) groups excluding carboxylic acids is 2. The van der Waals surface area contributed by atoms with Crippen molar-refractivity contribution in [1.82, 2.24) is 20.4 Å². The van der Waals surface area contributed by atoms with Gasteiger partial charge in [-0.3, -0.25) is 14.7 Å². The summed E-state index contributed by atoms with van der Waals surface area (Å²) in [5, 5.41) is 10.7. The van der Waals surface area contributed by atoms with Gasteiger partial charge in [0.15, 0.2) is 0 Å². The van der Waals surface area contributed by atoms with E-state index < -0.39 is 5.54 Å². The molecule has 1 fully saturated rings. The number of hydrogen-bond acceptors (Lipinski definition) is 3. The highest BCUT2D eigenvalue weighted by Crippen LogP contribution is 2.30. The van der Waals surface area contributed by atoms with Crippen molar-refractivity contribution in [2.24, 2.45) is 0 Å². The Balaban J connectivity index is 1.38. The topological polar surface area (TPSA) is 78.1 Å². The molecule has 2 N–H and O–H groups in total. The zero-order valence-electron chi connectivity index (χ0n) is 18.2. The number of H-pyrrole nitrogens is 1. The number of aromatic amines is 1. The van der Waals surface area contributed by atoms with Crippen LogP contribution in [0.2, 0.25) is 0 Å². The van der Waals surface area contributed by atoms with Gasteiger partial charge < -0.3 is 10.2 Å². The summed E-state index contributed by atoms with van der Waals surface area (Å²) in [6, 6.07) is 6.37. The van der Waals surface area contributed by atoms with Crippen molar-refractivity contribution in [2.75, 3.05) is 7.05 Å². The molecule has 1 aromatic carbocycles. The number of aromatic nitrogens is 2. The lowest BCUT2D eigenvalue weighted by Crippen LogP contribution is -2.44. The van der Waals surface area contributed by atoms with E-state index in [1.165, 1.54) is 42.7 Å². The van der Waals surface area contributed by atoms with E-state index in [0.29, 0.717) is 38.6 Å². The molecule has 1 atom stereocenters. The van der Waals surface area contributed by atoms with Crippen LogP contribution in [-0.4, -0.2) is 39.5 Å². The van der Waals surface area contributed by atoms with Crippen molar-refractivity contribution in [3.05, 3.63) is 52.6 Å². The van der Waals surface area contributed by atoms with Crippen LogP contribution in [0.1, 0.15) is 67.5 Å². The Bertz CT molecular complexity index is 940. The molecule has 0 radical (unpaired) electrons. The molecule has 0 saturated carbocycles. The van der Waals surface area contributed by atoms with E-state index in [0.717, 1.165) is 24.1 Å². The zero-order valence-corrected chi connectivity index (χ0v) is 18.2. The summed E-state index contributed by atoms with van der Waals surface area (Å²) in [5.41, 5.74) is 3.99. The number of hydrogen-bond donors (Lipinski definition) is 2. The third kappa shape index (κ3) is 5.14. The van der Waals surface area contributed by atoms with E-state index in [-0.39, 0.29) is 17.6 Å². The minimum absolute atomic E-state index is 0.0159. The van der Waals surface area contributed by atoms with Crippen LogP contribution in [0.5, 0.6) is 0 Å². The number of aryl methyl sites for hydroxylation is 1. The van der Waals surface area contributed by atoms with Crippen molar-refractivity contribution in [1.29, 1.82) is 0 Å². The van der Waals surface area contributed by atoms with E-state index in [1.807, 2.05) is 7.05 Å². The second kappa shape index (κ2) is 9.20. The van der Waals surface area contributed by atoms with Crippen molar-refractivity contribution in [2.45, 2.75) is 76.3 Å². The summed E-state index contributed by atoms with van der Waals surface area (Å²) in [5.74, 6) is -0.214. The van der Waals surface area contributed by atoms with Gasteiger partial charge in [-0.1, -0.05) is 18.6 Å². The smallest absolute Gasteiger partial charge is 0.222 e. The summed E-state index contributed by atoms with van der Waals surface area (Å²) in [6.45, 7) is 0.502. The van der Waals surface area contributed by atoms with Crippen LogP contribution in [0.25, 0.3) is 0 Å². The van der Waals surface area contributed by atoms with Crippen LogP contribution in [0.15, 0.2) is 24.3 Å². The molecule has 1 aliphatic carbocycles. The van der Waals surface area contributed by atoms with Gasteiger partial charge in [0, 0.05) is 31.1 Å². The molecule has 31 heavy (non-hydrogen) atoms. The number of carbonyl (C=O) groups is 2. The molecule has 1 aromatic heterocycles. The number of rotatable bonds is 7. The zero-order chi connectivity index (χ0) is 21.8. The van der Waals surface area contributed by atoms with Crippen LogP contribution in [0.3, 0.4) is 0 Å². The minimum Gasteiger partial charge on any atom is -0.350 e. The average molecular weight is 427 g/mol. The summed E-state index contributed by atoms with van der Waals surface area (Å²) in [7, 11) is 1.82. The summed E-state index contributed by atoms with van der Waals surface area (Å²) >= 11 is 0. The number of amides is 2. The molecule has 2 amide bonds. The van der Waals surface area contributed by atoms with Gasteiger partial charge in [-0.2, -0.15) is 5.10 Å². The predicted octanol–water partition coefficient (Wildman–Crippen LogP) is 3.45. The summed E-state index contributed by atoms with van der Waals surface area (Å²) in [4.78, 5) is 26.6. The van der Waals surface area contributed by atoms with Gasteiger partial charge in [0.25, 0.3) is 0 Å². The largest absolute Gasteiger partial charge is 0.350 e. The fourth-order valence-electron chi connectivity index (χ4n) is 4.88. The van der Waals surface area contributed by atoms with Crippen LogP contribution in [0.4, 0.5) is 4.39 Å². The molecule has 0 spiro atoms. The van der Waals surface area contributed by atoms with Crippen LogP contribution < -0.4 is 5.32 Å². The monoisotopic (exact) mass is 426 g/mol. The molecule has 1 aliphatic heterocycles. The highest BCUT2D eigenvalue weighted by Gasteiger charge is 2.38. The number of fused-ring (bicyclic) bond motifs is 1. The first-order valence-electron chi connectivity index (χ1n) is 11.3. The minimum atomic E-state index is -0.450. The lowest BCUT2D eigenvalue weighted by molar-refractivity contribution is -0.131. The lowest BCUT2D eigenvalue weighted by Gasteiger charge is -2.30. The maximum Gasteiger partial charge on any atom is 0.222 e. The van der Waals surface area contributed by atoms with Gasteiger partial charge in [-0.25, -0.2) is 4.39 Å². The van der Waals surface area contributed by atoms with Gasteiger partial charge in [0.1, 0.15) is 5.82 Å². The Labute approximate surface area is 182 Å². The van der Waals surface area contributed by atoms with Crippen LogP contribution >= 0.6 is 0 Å². The molecule has 1 saturated heterocycles. The summed E-state index contributed by atoms with van der Waals surface area (Å²) in [6.07, 6.45) is 8.32. The first-order valence-corrected chi connectivity index (χ1v) is 11.3. The summed E-state index contributed by atoms with van der Waals surface area (Å²) < 4.78 is 13.3. The number of benzene rings is 1. The van der Waals surface area contributed by atoms with E-state index in [1.54, 1.807) is 17.0 Å². The second-order valence-corrected chi connectivity index (χ2v) is 9.07. The predicted molar refractivity (Wildman–Crippen MR) is 116 cm³/mol. The molecule has 2 heterocycles. The van der Waals surface area contributed by atoms with Gasteiger partial charge in [0.05, 0.1) is 12.2 Å². The molecule has 166 valence electrons. The molecule has 0 bridgehead atoms. The van der Waals surface area contributed by atoms with Gasteiger partial charge in [-0.15, -0.1) is 0 Å². The molecular weight excluding hydrogens is 395 g/mol. The van der Waals surface area contributed by atoms with E-state index >= 15 is 0 Å². The van der Waals surface area contributed by atoms with Gasteiger partial charge in [-0.05, 0) is 68.2 Å². The van der Waals surface area contributed by atoms with Crippen molar-refractivity contribution in [3.8, 4) is 0 Å². The van der Waals surface area contributed by atoms with Crippen LogP contribution in [0, 0.1) is 5.82 Å². The highest BCUT2D eigenvalue weighted by molar-refractivity contribution is 5.80. The molecular formula is C24H31FN4O2. The molecule has 2 aliphatic rings. The molecule has 6 nitrogen and oxygen atoms in total. The molecule has 4 rings (SSSR count). The van der Waals surface area contributed by atoms with Crippen molar-refractivity contribution in [3.63, 3.8) is 0 Å². The number of nitrogens with one attached hydrogen (secondary N) is 2. The average Bonchev–Trinajstić information content (AvgIpc) is 3.21. The number of nitrogens with zero attached hydrogens (tertiary/aromatic N) is 2. The van der Waals surface area contributed by atoms with Gasteiger partial charge in [0.2, 0.25) is 11.8 Å². The quantitative estimate of drug-likeness (QED) is 0.666. The molecule has 0 unspecified atom stereocenters. The standard InChI is InChI=1S/C24H31FN4O2/c1-29(16-21-19-5-3-2-4-6-20(19)27-28-21)23(31)12-14-24(13-11-22(30)26-24)15-17-7-9-18(25)10-8-17/h7-10H,2-6,11-16H2,1H3,(H,26,30)(H,27,28)/t24-/m1/s1. The maximum atomic E-state index is 13.3. The third-order valence-corrected chi connectivity index (χ3v) is 6.71. The normalized spacial score (nSPS) is 20.8. The number of halogens is 1. The van der Waals surface area contributed by atoms with Gasteiger partial charge >= 0.3 is 0 Å². The lowest BCUT2D eigenvalue weighted by atomic mass is 9.85. The Hall–Kier alpha value is -2.70. The van der Waals surface area contributed by atoms with E-state index in [9.17, 15) is 14.0 Å². The SMILES string of the molecule is CN(Cc1n[nH]c2c1CCCCC2)C(=O)CC[C@@]1(Cc2ccc(F)cc2)CCC(=O)N1. The van der Waals surface area contributed by atoms with E-state index in [2.05, 4.69) is 15.5 Å². The molecule has 7 heteroatoms. The van der Waals surface area contributed by atoms with Crippen molar-refractivity contribution >= 4 is 11.8 Å². The fraction of sp³-hybridized carbons (Fsp3) is 0.542. The fourth-order valence-corrected chi connectivity index (χ4v) is 4.88. The Morgan fingerprint density at radius 1 is 1.16 bits per heavy atom. The second-order valence-electron chi connectivity index (χ2n) is 9.07. The Morgan fingerprint density at radius 2 is 1.94 bits per heavy atom. The highest BCUT2D eigenvalue weighted by atomic mass is 19.1. The first-order chi connectivity index (χ1) is 14.9. The Kier molecular flexibility index (Phi) is 6.39. The Morgan fingerprint density at radius 3 is 2.68 bits per heavy atom. The maximum absolute atomic E-state index is 13.3. The van der Waals surface area contributed by atoms with E-state index in [4.69, 9.17) is 0 Å². The van der Waals surface area contributed by atoms with Crippen molar-refractivity contribution < 1.29 is 14.0 Å².